The second kappa shape index (κ2) is 3.90. The Hall–Kier alpha value is -0.860. The Bertz CT molecular complexity index is 372. The lowest BCUT2D eigenvalue weighted by atomic mass is 10.1. The average molecular weight is 217 g/mol. The lowest BCUT2D eigenvalue weighted by molar-refractivity contribution is 0.101. The Kier molecular flexibility index (Phi) is 3.07. The quantitative estimate of drug-likeness (QED) is 0.563. The zero-order valence-electron chi connectivity index (χ0n) is 6.80. The number of carbonyl (C=O) groups excluding carboxylic acids is 2. The largest absolute Gasteiger partial charge is 0.298 e. The highest BCUT2D eigenvalue weighted by Gasteiger charge is 2.13. The van der Waals surface area contributed by atoms with Gasteiger partial charge in [-0.25, -0.2) is 0 Å². The van der Waals surface area contributed by atoms with Crippen LogP contribution in [0.4, 0.5) is 0 Å². The second-order valence-electron chi connectivity index (χ2n) is 2.50. The molecule has 1 rings (SSSR count). The minimum absolute atomic E-state index is 0.120. The van der Waals surface area contributed by atoms with Crippen molar-refractivity contribution in [3.8, 4) is 0 Å². The Labute approximate surface area is 85.5 Å². The van der Waals surface area contributed by atoms with Crippen molar-refractivity contribution in [3.05, 3.63) is 33.3 Å². The van der Waals surface area contributed by atoms with Gasteiger partial charge in [0.15, 0.2) is 12.1 Å². The number of benzene rings is 1. The molecule has 0 aromatic heterocycles. The monoisotopic (exact) mass is 216 g/mol. The molecule has 0 aliphatic carbocycles. The SMILES string of the molecule is CC(=O)c1c(Cl)ccc(C=O)c1Cl. The van der Waals surface area contributed by atoms with Crippen LogP contribution in [0.15, 0.2) is 12.1 Å². The molecule has 13 heavy (non-hydrogen) atoms. The van der Waals surface area contributed by atoms with E-state index in [0.29, 0.717) is 6.29 Å². The van der Waals surface area contributed by atoms with Crippen LogP contribution in [0.1, 0.15) is 27.6 Å². The van der Waals surface area contributed by atoms with Crippen molar-refractivity contribution in [3.63, 3.8) is 0 Å². The third kappa shape index (κ3) is 1.90. The molecule has 0 heterocycles. The number of carbonyl (C=O) groups is 2. The molecule has 0 amide bonds. The fraction of sp³-hybridized carbons (Fsp3) is 0.111. The molecule has 0 aliphatic rings. The predicted molar refractivity (Wildman–Crippen MR) is 51.9 cm³/mol. The Balaban J connectivity index is 3.47. The van der Waals surface area contributed by atoms with Gasteiger partial charge in [-0.3, -0.25) is 9.59 Å². The van der Waals surface area contributed by atoms with Gasteiger partial charge in [0.05, 0.1) is 15.6 Å². The van der Waals surface area contributed by atoms with Crippen molar-refractivity contribution in [2.45, 2.75) is 6.92 Å². The third-order valence-corrected chi connectivity index (χ3v) is 2.32. The van der Waals surface area contributed by atoms with Crippen molar-refractivity contribution < 1.29 is 9.59 Å². The number of halogens is 2. The maximum absolute atomic E-state index is 11.1. The molecule has 68 valence electrons. The van der Waals surface area contributed by atoms with Gasteiger partial charge >= 0.3 is 0 Å². The van der Waals surface area contributed by atoms with Crippen LogP contribution in [-0.2, 0) is 0 Å². The molecule has 1 aromatic carbocycles. The van der Waals surface area contributed by atoms with E-state index in [4.69, 9.17) is 23.2 Å². The zero-order chi connectivity index (χ0) is 10.0. The number of hydrogen-bond donors (Lipinski definition) is 0. The Morgan fingerprint density at radius 2 is 2.00 bits per heavy atom. The Morgan fingerprint density at radius 3 is 2.46 bits per heavy atom. The first kappa shape index (κ1) is 10.2. The number of aldehydes is 1. The molecule has 0 fully saturated rings. The minimum Gasteiger partial charge on any atom is -0.298 e. The molecule has 0 atom stereocenters. The lowest BCUT2D eigenvalue weighted by Gasteiger charge is -2.04. The summed E-state index contributed by atoms with van der Waals surface area (Å²) < 4.78 is 0. The van der Waals surface area contributed by atoms with Crippen LogP contribution in [0.5, 0.6) is 0 Å². The van der Waals surface area contributed by atoms with Crippen LogP contribution in [0.2, 0.25) is 10.0 Å². The van der Waals surface area contributed by atoms with Crippen LogP contribution in [0, 0.1) is 0 Å². The van der Waals surface area contributed by atoms with Crippen molar-refractivity contribution in [2.75, 3.05) is 0 Å². The van der Waals surface area contributed by atoms with E-state index < -0.39 is 0 Å². The smallest absolute Gasteiger partial charge is 0.162 e. The molecule has 0 aliphatic heterocycles. The number of Topliss-reactive ketones (excluding diaryl/α,β-unsaturated/α-hetero) is 1. The Morgan fingerprint density at radius 1 is 1.38 bits per heavy atom. The molecule has 0 N–H and O–H groups in total. The molecular weight excluding hydrogens is 211 g/mol. The van der Waals surface area contributed by atoms with Gasteiger partial charge in [-0.2, -0.15) is 0 Å². The number of ketones is 1. The fourth-order valence-electron chi connectivity index (χ4n) is 0.982. The first-order valence-electron chi connectivity index (χ1n) is 3.52. The molecule has 0 saturated heterocycles. The summed E-state index contributed by atoms with van der Waals surface area (Å²) in [7, 11) is 0. The fourth-order valence-corrected chi connectivity index (χ4v) is 1.66. The first-order chi connectivity index (χ1) is 6.07. The van der Waals surface area contributed by atoms with Gasteiger partial charge in [-0.1, -0.05) is 23.2 Å². The zero-order valence-corrected chi connectivity index (χ0v) is 8.32. The van der Waals surface area contributed by atoms with Gasteiger partial charge in [0.25, 0.3) is 0 Å². The van der Waals surface area contributed by atoms with Crippen molar-refractivity contribution in [2.24, 2.45) is 0 Å². The van der Waals surface area contributed by atoms with Gasteiger partial charge in [0.1, 0.15) is 0 Å². The second-order valence-corrected chi connectivity index (χ2v) is 3.28. The molecular formula is C9H6Cl2O2. The van der Waals surface area contributed by atoms with Gasteiger partial charge in [0.2, 0.25) is 0 Å². The summed E-state index contributed by atoms with van der Waals surface area (Å²) in [6.45, 7) is 1.35. The number of hydrogen-bond acceptors (Lipinski definition) is 2. The van der Waals surface area contributed by atoms with Crippen molar-refractivity contribution >= 4 is 35.3 Å². The topological polar surface area (TPSA) is 34.1 Å². The average Bonchev–Trinajstić information content (AvgIpc) is 2.04. The van der Waals surface area contributed by atoms with Crippen LogP contribution in [0.25, 0.3) is 0 Å². The van der Waals surface area contributed by atoms with E-state index >= 15 is 0 Å². The third-order valence-electron chi connectivity index (χ3n) is 1.60. The molecule has 0 unspecified atom stereocenters. The summed E-state index contributed by atoms with van der Waals surface area (Å²) in [5, 5.41) is 0.387. The van der Waals surface area contributed by atoms with E-state index in [0.717, 1.165) is 0 Å². The summed E-state index contributed by atoms with van der Waals surface area (Å²) in [5.41, 5.74) is 0.476. The predicted octanol–water partition coefficient (Wildman–Crippen LogP) is 3.01. The van der Waals surface area contributed by atoms with E-state index in [2.05, 4.69) is 0 Å². The number of rotatable bonds is 2. The van der Waals surface area contributed by atoms with Crippen molar-refractivity contribution in [1.82, 2.24) is 0 Å². The molecule has 0 radical (unpaired) electrons. The van der Waals surface area contributed by atoms with Crippen LogP contribution >= 0.6 is 23.2 Å². The van der Waals surface area contributed by atoms with E-state index in [1.165, 1.54) is 19.1 Å². The van der Waals surface area contributed by atoms with Crippen molar-refractivity contribution in [1.29, 1.82) is 0 Å². The normalized spacial score (nSPS) is 9.77. The standard InChI is InChI=1S/C9H6Cl2O2/c1-5(13)8-7(10)3-2-6(4-12)9(8)11/h2-4H,1H3. The summed E-state index contributed by atoms with van der Waals surface area (Å²) in [6.07, 6.45) is 0.588. The van der Waals surface area contributed by atoms with E-state index in [1.807, 2.05) is 0 Å². The summed E-state index contributed by atoms with van der Waals surface area (Å²) in [5.74, 6) is -0.251. The van der Waals surface area contributed by atoms with E-state index in [-0.39, 0.29) is 27.0 Å². The van der Waals surface area contributed by atoms with Crippen LogP contribution < -0.4 is 0 Å². The lowest BCUT2D eigenvalue weighted by Crippen LogP contribution is -1.97. The van der Waals surface area contributed by atoms with Crippen LogP contribution in [-0.4, -0.2) is 12.1 Å². The van der Waals surface area contributed by atoms with E-state index in [1.54, 1.807) is 0 Å². The highest BCUT2D eigenvalue weighted by Crippen LogP contribution is 2.27. The van der Waals surface area contributed by atoms with Gasteiger partial charge in [-0.05, 0) is 19.1 Å². The van der Waals surface area contributed by atoms with Crippen LogP contribution in [0.3, 0.4) is 0 Å². The highest BCUT2D eigenvalue weighted by atomic mass is 35.5. The maximum atomic E-state index is 11.1. The van der Waals surface area contributed by atoms with Gasteiger partial charge < -0.3 is 0 Å². The summed E-state index contributed by atoms with van der Waals surface area (Å²) >= 11 is 11.5. The van der Waals surface area contributed by atoms with Gasteiger partial charge in [0, 0.05) is 5.56 Å². The summed E-state index contributed by atoms with van der Waals surface area (Å²) in [4.78, 5) is 21.5. The minimum atomic E-state index is -0.251. The maximum Gasteiger partial charge on any atom is 0.162 e. The molecule has 0 spiro atoms. The molecule has 2 nitrogen and oxygen atoms in total. The summed E-state index contributed by atoms with van der Waals surface area (Å²) in [6, 6.07) is 2.96. The van der Waals surface area contributed by atoms with Gasteiger partial charge in [-0.15, -0.1) is 0 Å². The first-order valence-corrected chi connectivity index (χ1v) is 4.27. The highest BCUT2D eigenvalue weighted by molar-refractivity contribution is 6.41. The molecule has 4 heteroatoms. The molecule has 0 saturated carbocycles. The molecule has 1 aromatic rings. The molecule has 0 bridgehead atoms. The van der Waals surface area contributed by atoms with E-state index in [9.17, 15) is 9.59 Å².